The molecule has 2 aliphatic rings. The monoisotopic (exact) mass is 267 g/mol. The average Bonchev–Trinajstić information content (AvgIpc) is 2.80. The fourth-order valence-electron chi connectivity index (χ4n) is 3.09. The standard InChI is InChI=1S/C14H25N3O2/c1-2-17(12-6-3-4-7-12)14(19)13(18)16-10-5-8-15-9-11-16/h12,15H,2-11H2,1H3. The maximum atomic E-state index is 12.4. The van der Waals surface area contributed by atoms with E-state index >= 15 is 0 Å². The number of nitrogens with zero attached hydrogens (tertiary/aromatic N) is 2. The molecule has 2 fully saturated rings. The van der Waals surface area contributed by atoms with E-state index in [9.17, 15) is 9.59 Å². The van der Waals surface area contributed by atoms with E-state index in [1.807, 2.05) is 6.92 Å². The second kappa shape index (κ2) is 6.89. The maximum Gasteiger partial charge on any atom is 0.312 e. The van der Waals surface area contributed by atoms with Crippen LogP contribution in [0.15, 0.2) is 0 Å². The van der Waals surface area contributed by atoms with Crippen LogP contribution in [0.25, 0.3) is 0 Å². The van der Waals surface area contributed by atoms with Gasteiger partial charge in [-0.25, -0.2) is 0 Å². The molecule has 1 saturated heterocycles. The minimum absolute atomic E-state index is 0.284. The van der Waals surface area contributed by atoms with E-state index < -0.39 is 0 Å². The quantitative estimate of drug-likeness (QED) is 0.745. The van der Waals surface area contributed by atoms with Gasteiger partial charge in [0, 0.05) is 32.2 Å². The third kappa shape index (κ3) is 3.47. The Morgan fingerprint density at radius 2 is 1.89 bits per heavy atom. The van der Waals surface area contributed by atoms with Crippen LogP contribution >= 0.6 is 0 Å². The fraction of sp³-hybridized carbons (Fsp3) is 0.857. The number of amides is 2. The van der Waals surface area contributed by atoms with Crippen molar-refractivity contribution < 1.29 is 9.59 Å². The lowest BCUT2D eigenvalue weighted by Crippen LogP contribution is -2.49. The number of carbonyl (C=O) groups excluding carboxylic acids is 2. The maximum absolute atomic E-state index is 12.4. The van der Waals surface area contributed by atoms with E-state index in [-0.39, 0.29) is 17.9 Å². The molecule has 108 valence electrons. The normalized spacial score (nSPS) is 21.2. The number of nitrogens with one attached hydrogen (secondary N) is 1. The van der Waals surface area contributed by atoms with Crippen LogP contribution in [0.3, 0.4) is 0 Å². The van der Waals surface area contributed by atoms with Gasteiger partial charge in [-0.05, 0) is 32.7 Å². The molecule has 19 heavy (non-hydrogen) atoms. The Labute approximate surface area is 115 Å². The van der Waals surface area contributed by atoms with Crippen molar-refractivity contribution in [2.24, 2.45) is 0 Å². The molecule has 0 aromatic carbocycles. The molecule has 2 rings (SSSR count). The Bertz CT molecular complexity index is 319. The van der Waals surface area contributed by atoms with E-state index in [1.54, 1.807) is 9.80 Å². The Morgan fingerprint density at radius 3 is 2.58 bits per heavy atom. The van der Waals surface area contributed by atoms with Crippen LogP contribution in [0, 0.1) is 0 Å². The molecule has 0 radical (unpaired) electrons. The molecule has 0 spiro atoms. The summed E-state index contributed by atoms with van der Waals surface area (Å²) >= 11 is 0. The Hall–Kier alpha value is -1.10. The van der Waals surface area contributed by atoms with Crippen LogP contribution in [0.4, 0.5) is 0 Å². The van der Waals surface area contributed by atoms with E-state index in [0.29, 0.717) is 19.6 Å². The first-order chi connectivity index (χ1) is 9.24. The van der Waals surface area contributed by atoms with Crippen molar-refractivity contribution in [3.63, 3.8) is 0 Å². The second-order valence-corrected chi connectivity index (χ2v) is 5.43. The molecule has 1 heterocycles. The molecule has 2 amide bonds. The lowest BCUT2D eigenvalue weighted by Gasteiger charge is -2.29. The van der Waals surface area contributed by atoms with Crippen molar-refractivity contribution in [2.45, 2.75) is 45.1 Å². The first-order valence-electron chi connectivity index (χ1n) is 7.54. The molecular weight excluding hydrogens is 242 g/mol. The summed E-state index contributed by atoms with van der Waals surface area (Å²) in [4.78, 5) is 28.2. The van der Waals surface area contributed by atoms with Crippen molar-refractivity contribution in [3.05, 3.63) is 0 Å². The van der Waals surface area contributed by atoms with Gasteiger partial charge >= 0.3 is 11.8 Å². The molecule has 5 heteroatoms. The van der Waals surface area contributed by atoms with Crippen LogP contribution in [-0.2, 0) is 9.59 Å². The number of hydrogen-bond acceptors (Lipinski definition) is 3. The Morgan fingerprint density at radius 1 is 1.16 bits per heavy atom. The van der Waals surface area contributed by atoms with Crippen LogP contribution in [0.5, 0.6) is 0 Å². The molecule has 1 N–H and O–H groups in total. The van der Waals surface area contributed by atoms with Gasteiger partial charge in [0.05, 0.1) is 0 Å². The van der Waals surface area contributed by atoms with Gasteiger partial charge in [-0.3, -0.25) is 9.59 Å². The molecule has 5 nitrogen and oxygen atoms in total. The molecule has 0 bridgehead atoms. The van der Waals surface area contributed by atoms with Crippen molar-refractivity contribution in [1.29, 1.82) is 0 Å². The van der Waals surface area contributed by atoms with Crippen molar-refractivity contribution in [3.8, 4) is 0 Å². The summed E-state index contributed by atoms with van der Waals surface area (Å²) < 4.78 is 0. The summed E-state index contributed by atoms with van der Waals surface area (Å²) in [6.07, 6.45) is 5.38. The Balaban J connectivity index is 1.97. The molecule has 0 aromatic rings. The zero-order chi connectivity index (χ0) is 13.7. The highest BCUT2D eigenvalue weighted by Gasteiger charge is 2.32. The summed E-state index contributed by atoms with van der Waals surface area (Å²) in [6.45, 7) is 5.66. The predicted octanol–water partition coefficient (Wildman–Crippen LogP) is 0.599. The molecule has 1 aliphatic carbocycles. The first-order valence-corrected chi connectivity index (χ1v) is 7.54. The van der Waals surface area contributed by atoms with E-state index in [1.165, 1.54) is 12.8 Å². The molecule has 0 aromatic heterocycles. The summed E-state index contributed by atoms with van der Waals surface area (Å²) in [7, 11) is 0. The van der Waals surface area contributed by atoms with E-state index in [2.05, 4.69) is 5.32 Å². The van der Waals surface area contributed by atoms with Crippen LogP contribution in [0.1, 0.15) is 39.0 Å². The van der Waals surface area contributed by atoms with Gasteiger partial charge in [0.1, 0.15) is 0 Å². The summed E-state index contributed by atoms with van der Waals surface area (Å²) in [5.74, 6) is -0.603. The number of rotatable bonds is 2. The number of carbonyl (C=O) groups is 2. The summed E-state index contributed by atoms with van der Waals surface area (Å²) in [5.41, 5.74) is 0. The lowest BCUT2D eigenvalue weighted by atomic mass is 10.2. The smallest absolute Gasteiger partial charge is 0.312 e. The van der Waals surface area contributed by atoms with E-state index in [0.717, 1.165) is 32.4 Å². The molecule has 0 unspecified atom stereocenters. The zero-order valence-electron chi connectivity index (χ0n) is 11.9. The highest BCUT2D eigenvalue weighted by atomic mass is 16.2. The van der Waals surface area contributed by atoms with Gasteiger partial charge in [-0.1, -0.05) is 12.8 Å². The van der Waals surface area contributed by atoms with E-state index in [4.69, 9.17) is 0 Å². The van der Waals surface area contributed by atoms with Crippen LogP contribution in [-0.4, -0.2) is 60.4 Å². The first kappa shape index (κ1) is 14.3. The summed E-state index contributed by atoms with van der Waals surface area (Å²) in [5, 5.41) is 3.25. The van der Waals surface area contributed by atoms with Gasteiger partial charge in [0.2, 0.25) is 0 Å². The Kier molecular flexibility index (Phi) is 5.19. The van der Waals surface area contributed by atoms with Gasteiger partial charge in [-0.2, -0.15) is 0 Å². The van der Waals surface area contributed by atoms with Crippen molar-refractivity contribution in [1.82, 2.24) is 15.1 Å². The topological polar surface area (TPSA) is 52.7 Å². The van der Waals surface area contributed by atoms with Crippen molar-refractivity contribution >= 4 is 11.8 Å². The zero-order valence-corrected chi connectivity index (χ0v) is 11.9. The van der Waals surface area contributed by atoms with Crippen LogP contribution in [0.2, 0.25) is 0 Å². The van der Waals surface area contributed by atoms with Crippen molar-refractivity contribution in [2.75, 3.05) is 32.7 Å². The predicted molar refractivity (Wildman–Crippen MR) is 73.7 cm³/mol. The lowest BCUT2D eigenvalue weighted by molar-refractivity contribution is -0.153. The van der Waals surface area contributed by atoms with Gasteiger partial charge in [-0.15, -0.1) is 0 Å². The van der Waals surface area contributed by atoms with Crippen LogP contribution < -0.4 is 5.32 Å². The number of likely N-dealkylation sites (N-methyl/N-ethyl adjacent to an activating group) is 1. The number of hydrogen-bond donors (Lipinski definition) is 1. The van der Waals surface area contributed by atoms with Gasteiger partial charge in [0.25, 0.3) is 0 Å². The fourth-order valence-corrected chi connectivity index (χ4v) is 3.09. The largest absolute Gasteiger partial charge is 0.333 e. The highest BCUT2D eigenvalue weighted by molar-refractivity contribution is 6.35. The third-order valence-electron chi connectivity index (χ3n) is 4.18. The SMILES string of the molecule is CCN(C(=O)C(=O)N1CCCNCC1)C1CCCC1. The minimum Gasteiger partial charge on any atom is -0.333 e. The third-order valence-corrected chi connectivity index (χ3v) is 4.18. The molecule has 0 atom stereocenters. The van der Waals surface area contributed by atoms with Gasteiger partial charge in [0.15, 0.2) is 0 Å². The second-order valence-electron chi connectivity index (χ2n) is 5.43. The highest BCUT2D eigenvalue weighted by Crippen LogP contribution is 2.23. The summed E-state index contributed by atoms with van der Waals surface area (Å²) in [6, 6.07) is 0.284. The average molecular weight is 267 g/mol. The molecular formula is C14H25N3O2. The minimum atomic E-state index is -0.308. The molecule has 1 aliphatic heterocycles. The van der Waals surface area contributed by atoms with Gasteiger partial charge < -0.3 is 15.1 Å². The molecule has 1 saturated carbocycles.